The van der Waals surface area contributed by atoms with E-state index in [-0.39, 0.29) is 28.0 Å². The fourth-order valence-corrected chi connectivity index (χ4v) is 4.65. The number of halogens is 1. The van der Waals surface area contributed by atoms with E-state index in [4.69, 9.17) is 16.0 Å². The molecule has 28 heavy (non-hydrogen) atoms. The van der Waals surface area contributed by atoms with Gasteiger partial charge in [0.15, 0.2) is 0 Å². The summed E-state index contributed by atoms with van der Waals surface area (Å²) in [6, 6.07) is 7.84. The Kier molecular flexibility index (Phi) is 4.71. The molecule has 2 fully saturated rings. The molecule has 1 amide bonds. The van der Waals surface area contributed by atoms with Crippen molar-refractivity contribution < 1.29 is 14.1 Å². The van der Waals surface area contributed by atoms with Crippen LogP contribution in [-0.4, -0.2) is 17.0 Å². The van der Waals surface area contributed by atoms with Gasteiger partial charge in [0.2, 0.25) is 5.91 Å². The molecular weight excluding hydrogens is 382 g/mol. The van der Waals surface area contributed by atoms with Crippen molar-refractivity contribution in [3.8, 4) is 11.3 Å². The molecule has 2 saturated carbocycles. The molecule has 0 spiro atoms. The summed E-state index contributed by atoms with van der Waals surface area (Å²) in [6.45, 7) is 2.19. The van der Waals surface area contributed by atoms with Crippen molar-refractivity contribution in [3.63, 3.8) is 0 Å². The number of hydrazone groups is 1. The van der Waals surface area contributed by atoms with Crippen LogP contribution in [0.2, 0.25) is 5.02 Å². The third-order valence-corrected chi connectivity index (χ3v) is 6.35. The first-order chi connectivity index (χ1) is 13.4. The zero-order valence-corrected chi connectivity index (χ0v) is 16.1. The van der Waals surface area contributed by atoms with Gasteiger partial charge in [-0.2, -0.15) is 5.10 Å². The second-order valence-electron chi connectivity index (χ2n) is 7.70. The number of carbonyl (C=O) groups excluding carboxylic acids is 1. The van der Waals surface area contributed by atoms with E-state index in [1.165, 1.54) is 31.2 Å². The molecular formula is C20H20ClN3O4. The van der Waals surface area contributed by atoms with Crippen LogP contribution >= 0.6 is 11.6 Å². The highest BCUT2D eigenvalue weighted by molar-refractivity contribution is 6.32. The van der Waals surface area contributed by atoms with Gasteiger partial charge in [-0.05, 0) is 48.4 Å². The van der Waals surface area contributed by atoms with E-state index in [0.29, 0.717) is 23.0 Å². The molecule has 1 aromatic carbocycles. The van der Waals surface area contributed by atoms with E-state index >= 15 is 0 Å². The third-order valence-electron chi connectivity index (χ3n) is 6.03. The van der Waals surface area contributed by atoms with Crippen LogP contribution in [0.25, 0.3) is 11.3 Å². The Bertz CT molecular complexity index is 970. The summed E-state index contributed by atoms with van der Waals surface area (Å²) in [7, 11) is 0. The number of nitrogens with zero attached hydrogens (tertiary/aromatic N) is 2. The number of benzene rings is 1. The van der Waals surface area contributed by atoms with Crippen molar-refractivity contribution in [2.45, 2.75) is 32.6 Å². The molecule has 0 radical (unpaired) electrons. The maximum atomic E-state index is 12.4. The van der Waals surface area contributed by atoms with Crippen LogP contribution in [-0.2, 0) is 4.79 Å². The minimum absolute atomic E-state index is 0.0363. The van der Waals surface area contributed by atoms with Crippen molar-refractivity contribution in [1.82, 2.24) is 5.43 Å². The van der Waals surface area contributed by atoms with Gasteiger partial charge in [0.25, 0.3) is 5.69 Å². The molecule has 4 rings (SSSR count). The summed E-state index contributed by atoms with van der Waals surface area (Å²) in [5, 5.41) is 15.1. The molecule has 3 atom stereocenters. The predicted molar refractivity (Wildman–Crippen MR) is 105 cm³/mol. The van der Waals surface area contributed by atoms with Crippen molar-refractivity contribution in [2.24, 2.45) is 22.4 Å². The Morgan fingerprint density at radius 3 is 2.93 bits per heavy atom. The molecule has 1 aromatic heterocycles. The average molecular weight is 402 g/mol. The summed E-state index contributed by atoms with van der Waals surface area (Å²) in [5.74, 6) is 1.38. The van der Waals surface area contributed by atoms with Gasteiger partial charge in [-0.1, -0.05) is 31.4 Å². The normalized spacial score (nSPS) is 26.1. The maximum absolute atomic E-state index is 12.4. The number of hydrogen-bond donors (Lipinski definition) is 1. The molecule has 7 nitrogen and oxygen atoms in total. The van der Waals surface area contributed by atoms with E-state index in [2.05, 4.69) is 17.5 Å². The molecule has 146 valence electrons. The molecule has 0 aliphatic heterocycles. The number of rotatable bonds is 5. The Morgan fingerprint density at radius 2 is 2.21 bits per heavy atom. The van der Waals surface area contributed by atoms with Crippen molar-refractivity contribution in [1.29, 1.82) is 0 Å². The summed E-state index contributed by atoms with van der Waals surface area (Å²) in [5.41, 5.74) is 3.11. The van der Waals surface area contributed by atoms with Crippen LogP contribution in [0.3, 0.4) is 0 Å². The highest BCUT2D eigenvalue weighted by Gasteiger charge is 2.64. The number of nitro benzene ring substituents is 1. The molecule has 8 heteroatoms. The SMILES string of the molecule is C[C@]12CCCC[C@H]1[C@@H]2C(=O)N/N=C\c1ccc(-c2ccc(Cl)c([N+](=O)[O-])c2)o1. The zero-order valence-electron chi connectivity index (χ0n) is 15.4. The first-order valence-electron chi connectivity index (χ1n) is 9.27. The molecule has 0 bridgehead atoms. The fourth-order valence-electron chi connectivity index (χ4n) is 4.46. The topological polar surface area (TPSA) is 97.7 Å². The summed E-state index contributed by atoms with van der Waals surface area (Å²) in [4.78, 5) is 22.9. The maximum Gasteiger partial charge on any atom is 0.288 e. The van der Waals surface area contributed by atoms with Crippen molar-refractivity contribution in [3.05, 3.63) is 51.2 Å². The molecule has 2 aromatic rings. The lowest BCUT2D eigenvalue weighted by Gasteiger charge is -2.15. The number of carbonyl (C=O) groups is 1. The van der Waals surface area contributed by atoms with Gasteiger partial charge < -0.3 is 4.42 Å². The van der Waals surface area contributed by atoms with Gasteiger partial charge in [-0.25, -0.2) is 5.43 Å². The number of hydrogen-bond acceptors (Lipinski definition) is 5. The standard InChI is InChI=1S/C20H20ClN3O4/c1-20-9-3-2-4-14(20)18(20)19(25)23-22-11-13-6-8-17(28-13)12-5-7-15(21)16(10-12)24(26)27/h5-8,10-11,14,18H,2-4,9H2,1H3,(H,23,25)/b22-11-/t14-,18+,20-/m0/s1. The molecule has 2 aliphatic rings. The van der Waals surface area contributed by atoms with Crippen LogP contribution < -0.4 is 5.43 Å². The highest BCUT2D eigenvalue weighted by atomic mass is 35.5. The van der Waals surface area contributed by atoms with Crippen LogP contribution in [0.1, 0.15) is 38.4 Å². The van der Waals surface area contributed by atoms with Gasteiger partial charge in [0, 0.05) is 17.5 Å². The lowest BCUT2D eigenvalue weighted by atomic mass is 9.90. The Labute approximate surface area is 166 Å². The van der Waals surface area contributed by atoms with E-state index in [9.17, 15) is 14.9 Å². The average Bonchev–Trinajstić information content (AvgIpc) is 3.02. The molecule has 0 saturated heterocycles. The second-order valence-corrected chi connectivity index (χ2v) is 8.10. The summed E-state index contributed by atoms with van der Waals surface area (Å²) >= 11 is 5.83. The van der Waals surface area contributed by atoms with Gasteiger partial charge in [0.1, 0.15) is 16.5 Å². The summed E-state index contributed by atoms with van der Waals surface area (Å²) in [6.07, 6.45) is 6.05. The van der Waals surface area contributed by atoms with Gasteiger partial charge in [0.05, 0.1) is 11.1 Å². The molecule has 1 heterocycles. The number of nitrogens with one attached hydrogen (secondary N) is 1. The van der Waals surface area contributed by atoms with Crippen molar-refractivity contribution in [2.75, 3.05) is 0 Å². The second kappa shape index (κ2) is 7.05. The number of amides is 1. The monoisotopic (exact) mass is 401 g/mol. The van der Waals surface area contributed by atoms with Crippen LogP contribution in [0.5, 0.6) is 0 Å². The molecule has 0 unspecified atom stereocenters. The largest absolute Gasteiger partial charge is 0.455 e. The zero-order chi connectivity index (χ0) is 19.9. The Balaban J connectivity index is 1.41. The smallest absolute Gasteiger partial charge is 0.288 e. The lowest BCUT2D eigenvalue weighted by molar-refractivity contribution is -0.384. The number of nitro groups is 1. The van der Waals surface area contributed by atoms with Gasteiger partial charge >= 0.3 is 0 Å². The minimum Gasteiger partial charge on any atom is -0.455 e. The van der Waals surface area contributed by atoms with Gasteiger partial charge in [-0.3, -0.25) is 14.9 Å². The van der Waals surface area contributed by atoms with Crippen molar-refractivity contribution >= 4 is 29.4 Å². The third kappa shape index (κ3) is 3.30. The van der Waals surface area contributed by atoms with E-state index in [1.807, 2.05) is 0 Å². The first-order valence-corrected chi connectivity index (χ1v) is 9.65. The van der Waals surface area contributed by atoms with Gasteiger partial charge in [-0.15, -0.1) is 0 Å². The predicted octanol–water partition coefficient (Wildman–Crippen LogP) is 4.78. The molecule has 2 aliphatic carbocycles. The van der Waals surface area contributed by atoms with E-state index in [0.717, 1.165) is 12.8 Å². The number of furan rings is 1. The minimum atomic E-state index is -0.539. The van der Waals surface area contributed by atoms with Crippen LogP contribution in [0, 0.1) is 27.4 Å². The number of fused-ring (bicyclic) bond motifs is 1. The van der Waals surface area contributed by atoms with Crippen LogP contribution in [0.4, 0.5) is 5.69 Å². The fraction of sp³-hybridized carbons (Fsp3) is 0.400. The Morgan fingerprint density at radius 1 is 1.39 bits per heavy atom. The lowest BCUT2D eigenvalue weighted by Crippen LogP contribution is -2.22. The highest BCUT2D eigenvalue weighted by Crippen LogP contribution is 2.66. The summed E-state index contributed by atoms with van der Waals surface area (Å²) < 4.78 is 5.65. The quantitative estimate of drug-likeness (QED) is 0.442. The Hall–Kier alpha value is -2.67. The molecule has 1 N–H and O–H groups in total. The van der Waals surface area contributed by atoms with E-state index < -0.39 is 4.92 Å². The first kappa shape index (κ1) is 18.7. The van der Waals surface area contributed by atoms with E-state index in [1.54, 1.807) is 18.2 Å². The van der Waals surface area contributed by atoms with Crippen LogP contribution in [0.15, 0.2) is 39.9 Å².